The summed E-state index contributed by atoms with van der Waals surface area (Å²) < 4.78 is 16.6. The van der Waals surface area contributed by atoms with Crippen LogP contribution in [0.2, 0.25) is 5.02 Å². The van der Waals surface area contributed by atoms with Crippen LogP contribution in [0.1, 0.15) is 16.7 Å². The third kappa shape index (κ3) is 4.36. The molecule has 5 nitrogen and oxygen atoms in total. The first-order valence-corrected chi connectivity index (χ1v) is 9.64. The van der Waals surface area contributed by atoms with E-state index in [1.807, 2.05) is 60.7 Å². The van der Waals surface area contributed by atoms with Gasteiger partial charge in [0.15, 0.2) is 17.2 Å². The SMILES string of the molecule is COc1cc(C=C2N=C(c3ccccc3)OC2=O)ccc1OCc1ccccc1Cl. The molecule has 3 aromatic rings. The molecule has 1 heterocycles. The average molecular weight is 420 g/mol. The summed E-state index contributed by atoms with van der Waals surface area (Å²) in [4.78, 5) is 16.5. The first-order valence-electron chi connectivity index (χ1n) is 9.26. The summed E-state index contributed by atoms with van der Waals surface area (Å²) in [5, 5.41) is 0.643. The van der Waals surface area contributed by atoms with Crippen LogP contribution in [0.5, 0.6) is 11.5 Å². The number of esters is 1. The monoisotopic (exact) mass is 419 g/mol. The Balaban J connectivity index is 1.55. The van der Waals surface area contributed by atoms with Gasteiger partial charge >= 0.3 is 5.97 Å². The van der Waals surface area contributed by atoms with E-state index >= 15 is 0 Å². The molecule has 0 saturated carbocycles. The van der Waals surface area contributed by atoms with E-state index in [0.717, 1.165) is 16.7 Å². The predicted octanol–water partition coefficient (Wildman–Crippen LogP) is 5.27. The minimum Gasteiger partial charge on any atom is -0.493 e. The Labute approximate surface area is 179 Å². The number of cyclic esters (lactones) is 1. The highest BCUT2D eigenvalue weighted by molar-refractivity contribution is 6.31. The fourth-order valence-electron chi connectivity index (χ4n) is 2.94. The van der Waals surface area contributed by atoms with Crippen LogP contribution < -0.4 is 9.47 Å². The standard InChI is InChI=1S/C24H18ClNO4/c1-28-22-14-16(11-12-21(22)29-15-18-9-5-6-10-19(18)25)13-20-24(27)30-23(26-20)17-7-3-2-4-8-17/h2-14H,15H2,1H3. The molecule has 1 aliphatic rings. The molecule has 3 aromatic carbocycles. The van der Waals surface area contributed by atoms with E-state index in [1.54, 1.807) is 25.3 Å². The third-order valence-electron chi connectivity index (χ3n) is 4.47. The number of hydrogen-bond donors (Lipinski definition) is 0. The molecular formula is C24H18ClNO4. The number of rotatable bonds is 6. The highest BCUT2D eigenvalue weighted by Crippen LogP contribution is 2.31. The molecule has 0 aromatic heterocycles. The summed E-state index contributed by atoms with van der Waals surface area (Å²) in [6.07, 6.45) is 1.65. The molecule has 150 valence electrons. The lowest BCUT2D eigenvalue weighted by molar-refractivity contribution is -0.129. The van der Waals surface area contributed by atoms with Gasteiger partial charge in [-0.1, -0.05) is 54.1 Å². The Bertz CT molecular complexity index is 1140. The largest absolute Gasteiger partial charge is 0.493 e. The second-order valence-electron chi connectivity index (χ2n) is 6.49. The topological polar surface area (TPSA) is 57.1 Å². The van der Waals surface area contributed by atoms with Crippen molar-refractivity contribution in [3.8, 4) is 11.5 Å². The molecule has 6 heteroatoms. The summed E-state index contributed by atoms with van der Waals surface area (Å²) in [5.41, 5.74) is 2.58. The Morgan fingerprint density at radius 2 is 1.77 bits per heavy atom. The van der Waals surface area contributed by atoms with Gasteiger partial charge in [0.2, 0.25) is 5.90 Å². The fourth-order valence-corrected chi connectivity index (χ4v) is 3.13. The summed E-state index contributed by atoms with van der Waals surface area (Å²) in [6, 6.07) is 22.2. The van der Waals surface area contributed by atoms with Crippen LogP contribution in [0.3, 0.4) is 0 Å². The van der Waals surface area contributed by atoms with Crippen molar-refractivity contribution in [2.24, 2.45) is 4.99 Å². The quantitative estimate of drug-likeness (QED) is 0.403. The lowest BCUT2D eigenvalue weighted by atomic mass is 10.1. The number of nitrogens with zero attached hydrogens (tertiary/aromatic N) is 1. The highest BCUT2D eigenvalue weighted by Gasteiger charge is 2.24. The number of halogens is 1. The molecule has 0 amide bonds. The molecule has 0 spiro atoms. The number of benzene rings is 3. The normalized spacial score (nSPS) is 14.4. The lowest BCUT2D eigenvalue weighted by Gasteiger charge is -2.12. The van der Waals surface area contributed by atoms with E-state index < -0.39 is 5.97 Å². The van der Waals surface area contributed by atoms with E-state index in [1.165, 1.54) is 0 Å². The van der Waals surface area contributed by atoms with Crippen molar-refractivity contribution in [3.63, 3.8) is 0 Å². The first kappa shape index (κ1) is 19.7. The summed E-state index contributed by atoms with van der Waals surface area (Å²) in [6.45, 7) is 0.313. The molecule has 30 heavy (non-hydrogen) atoms. The van der Waals surface area contributed by atoms with Crippen molar-refractivity contribution in [1.82, 2.24) is 0 Å². The second-order valence-corrected chi connectivity index (χ2v) is 6.90. The Morgan fingerprint density at radius 1 is 1.00 bits per heavy atom. The molecule has 4 rings (SSSR count). The van der Waals surface area contributed by atoms with Crippen molar-refractivity contribution in [2.45, 2.75) is 6.61 Å². The number of hydrogen-bond acceptors (Lipinski definition) is 5. The minimum absolute atomic E-state index is 0.223. The van der Waals surface area contributed by atoms with Crippen LogP contribution in [-0.4, -0.2) is 19.0 Å². The van der Waals surface area contributed by atoms with Crippen LogP contribution in [0.15, 0.2) is 83.5 Å². The molecular weight excluding hydrogens is 402 g/mol. The van der Waals surface area contributed by atoms with Crippen molar-refractivity contribution in [2.75, 3.05) is 7.11 Å². The molecule has 0 fully saturated rings. The smallest absolute Gasteiger partial charge is 0.363 e. The first-order chi connectivity index (χ1) is 14.6. The molecule has 0 radical (unpaired) electrons. The van der Waals surface area contributed by atoms with Gasteiger partial charge in [0, 0.05) is 16.1 Å². The van der Waals surface area contributed by atoms with Crippen LogP contribution >= 0.6 is 11.6 Å². The summed E-state index contributed by atoms with van der Waals surface area (Å²) in [7, 11) is 1.56. The molecule has 0 N–H and O–H groups in total. The number of ether oxygens (including phenoxy) is 3. The summed E-state index contributed by atoms with van der Waals surface area (Å²) in [5.74, 6) is 0.905. The van der Waals surface area contributed by atoms with Crippen molar-refractivity contribution >= 4 is 29.5 Å². The summed E-state index contributed by atoms with van der Waals surface area (Å²) >= 11 is 6.18. The molecule has 0 saturated heterocycles. The lowest BCUT2D eigenvalue weighted by Crippen LogP contribution is -2.04. The van der Waals surface area contributed by atoms with Crippen molar-refractivity contribution < 1.29 is 19.0 Å². The average Bonchev–Trinajstić information content (AvgIpc) is 3.14. The number of carbonyl (C=O) groups excluding carboxylic acids is 1. The van der Waals surface area contributed by atoms with Crippen molar-refractivity contribution in [3.05, 3.63) is 100 Å². The second kappa shape index (κ2) is 8.84. The van der Waals surface area contributed by atoms with E-state index in [4.69, 9.17) is 25.8 Å². The van der Waals surface area contributed by atoms with Gasteiger partial charge in [0.05, 0.1) is 7.11 Å². The third-order valence-corrected chi connectivity index (χ3v) is 4.84. The van der Waals surface area contributed by atoms with Gasteiger partial charge in [-0.25, -0.2) is 9.79 Å². The van der Waals surface area contributed by atoms with E-state index in [-0.39, 0.29) is 5.70 Å². The zero-order valence-electron chi connectivity index (χ0n) is 16.2. The number of carbonyl (C=O) groups is 1. The Morgan fingerprint density at radius 3 is 2.53 bits per heavy atom. The molecule has 0 bridgehead atoms. The Hall–Kier alpha value is -3.57. The van der Waals surface area contributed by atoms with E-state index in [2.05, 4.69) is 4.99 Å². The predicted molar refractivity (Wildman–Crippen MR) is 116 cm³/mol. The van der Waals surface area contributed by atoms with Crippen molar-refractivity contribution in [1.29, 1.82) is 0 Å². The number of methoxy groups -OCH3 is 1. The van der Waals surface area contributed by atoms with Gasteiger partial charge in [-0.2, -0.15) is 0 Å². The van der Waals surface area contributed by atoms with Crippen LogP contribution in [0, 0.1) is 0 Å². The van der Waals surface area contributed by atoms with E-state index in [9.17, 15) is 4.79 Å². The zero-order chi connectivity index (χ0) is 20.9. The van der Waals surface area contributed by atoms with Crippen LogP contribution in [0.4, 0.5) is 0 Å². The zero-order valence-corrected chi connectivity index (χ0v) is 16.9. The van der Waals surface area contributed by atoms with Gasteiger partial charge in [0.25, 0.3) is 0 Å². The molecule has 1 aliphatic heterocycles. The minimum atomic E-state index is -0.494. The number of aliphatic imine (C=N–C) groups is 1. The highest BCUT2D eigenvalue weighted by atomic mass is 35.5. The molecule has 0 aliphatic carbocycles. The van der Waals surface area contributed by atoms with E-state index in [0.29, 0.717) is 29.0 Å². The van der Waals surface area contributed by atoms with Gasteiger partial charge in [-0.05, 0) is 42.0 Å². The Kier molecular flexibility index (Phi) is 5.82. The van der Waals surface area contributed by atoms with Gasteiger partial charge in [-0.15, -0.1) is 0 Å². The van der Waals surface area contributed by atoms with Gasteiger partial charge in [0.1, 0.15) is 6.61 Å². The maximum Gasteiger partial charge on any atom is 0.363 e. The van der Waals surface area contributed by atoms with Crippen LogP contribution in [0.25, 0.3) is 6.08 Å². The fraction of sp³-hybridized carbons (Fsp3) is 0.0833. The van der Waals surface area contributed by atoms with Gasteiger partial charge in [-0.3, -0.25) is 0 Å². The maximum atomic E-state index is 12.2. The molecule has 0 atom stereocenters. The maximum absolute atomic E-state index is 12.2. The molecule has 0 unspecified atom stereocenters. The van der Waals surface area contributed by atoms with Gasteiger partial charge < -0.3 is 14.2 Å². The van der Waals surface area contributed by atoms with Crippen LogP contribution in [-0.2, 0) is 16.1 Å².